The number of carbonyl (C=O) groups is 1. The van der Waals surface area contributed by atoms with Crippen molar-refractivity contribution in [2.45, 2.75) is 17.9 Å². The Bertz CT molecular complexity index is 622. The fourth-order valence-corrected chi connectivity index (χ4v) is 3.06. The van der Waals surface area contributed by atoms with Crippen molar-refractivity contribution in [2.24, 2.45) is 5.92 Å². The molecular weight excluding hydrogens is 270 g/mol. The molecule has 0 unspecified atom stereocenters. The Morgan fingerprint density at radius 2 is 2.15 bits per heavy atom. The van der Waals surface area contributed by atoms with Crippen molar-refractivity contribution in [3.63, 3.8) is 0 Å². The van der Waals surface area contributed by atoms with Crippen LogP contribution in [-0.2, 0) is 4.79 Å². The average molecular weight is 287 g/mol. The number of thioether (sulfide) groups is 1. The molecule has 0 radical (unpaired) electrons. The van der Waals surface area contributed by atoms with E-state index in [-0.39, 0.29) is 5.91 Å². The minimum Gasteiger partial charge on any atom is -0.345 e. The fraction of sp³-hybridized carbons (Fsp3) is 0.400. The van der Waals surface area contributed by atoms with Gasteiger partial charge in [0.05, 0.1) is 11.3 Å². The Morgan fingerprint density at radius 3 is 2.95 bits per heavy atom. The molecule has 1 saturated carbocycles. The molecule has 1 aromatic heterocycles. The van der Waals surface area contributed by atoms with Gasteiger partial charge in [0.1, 0.15) is 11.4 Å². The van der Waals surface area contributed by atoms with Gasteiger partial charge < -0.3 is 4.90 Å². The van der Waals surface area contributed by atoms with Crippen molar-refractivity contribution in [3.05, 3.63) is 30.6 Å². The summed E-state index contributed by atoms with van der Waals surface area (Å²) in [6.07, 6.45) is 4.09. The summed E-state index contributed by atoms with van der Waals surface area (Å²) in [5, 5.41) is 1.89. The van der Waals surface area contributed by atoms with Gasteiger partial charge in [-0.15, -0.1) is 0 Å². The van der Waals surface area contributed by atoms with Gasteiger partial charge in [-0.25, -0.2) is 9.97 Å². The van der Waals surface area contributed by atoms with Crippen molar-refractivity contribution in [2.75, 3.05) is 19.3 Å². The smallest absolute Gasteiger partial charge is 0.232 e. The zero-order chi connectivity index (χ0) is 13.9. The Labute approximate surface area is 122 Å². The zero-order valence-corrected chi connectivity index (χ0v) is 12.3. The maximum absolute atomic E-state index is 12.1. The van der Waals surface area contributed by atoms with Gasteiger partial charge in [-0.1, -0.05) is 30.0 Å². The predicted molar refractivity (Wildman–Crippen MR) is 80.6 cm³/mol. The lowest BCUT2D eigenvalue weighted by atomic mass is 10.2. The number of amides is 1. The molecule has 4 nitrogen and oxygen atoms in total. The normalized spacial score (nSPS) is 14.4. The van der Waals surface area contributed by atoms with Crippen molar-refractivity contribution < 1.29 is 4.79 Å². The summed E-state index contributed by atoms with van der Waals surface area (Å²) in [7, 11) is 1.89. The van der Waals surface area contributed by atoms with Crippen LogP contribution in [0.25, 0.3) is 10.9 Å². The molecule has 104 valence electrons. The summed E-state index contributed by atoms with van der Waals surface area (Å²) in [5.41, 5.74) is 0.920. The average Bonchev–Trinajstić information content (AvgIpc) is 3.28. The molecule has 0 saturated heterocycles. The molecule has 1 aromatic carbocycles. The van der Waals surface area contributed by atoms with Crippen molar-refractivity contribution >= 4 is 28.6 Å². The van der Waals surface area contributed by atoms with Crippen LogP contribution in [0.15, 0.2) is 35.6 Å². The summed E-state index contributed by atoms with van der Waals surface area (Å²) in [5.74, 6) is 1.34. The Kier molecular flexibility index (Phi) is 3.87. The van der Waals surface area contributed by atoms with Crippen LogP contribution in [-0.4, -0.2) is 40.1 Å². The van der Waals surface area contributed by atoms with Crippen LogP contribution in [0, 0.1) is 5.92 Å². The highest BCUT2D eigenvalue weighted by Crippen LogP contribution is 2.30. The van der Waals surface area contributed by atoms with Gasteiger partial charge in [0.2, 0.25) is 5.91 Å². The molecule has 1 heterocycles. The molecule has 2 aromatic rings. The molecular formula is C15H17N3OS. The summed E-state index contributed by atoms with van der Waals surface area (Å²) in [6, 6.07) is 7.88. The molecule has 1 fully saturated rings. The number of aromatic nitrogens is 2. The summed E-state index contributed by atoms with van der Waals surface area (Å²) >= 11 is 1.49. The van der Waals surface area contributed by atoms with Gasteiger partial charge in [0.25, 0.3) is 0 Å². The first-order valence-corrected chi connectivity index (χ1v) is 7.79. The Morgan fingerprint density at radius 1 is 1.35 bits per heavy atom. The van der Waals surface area contributed by atoms with Crippen LogP contribution >= 0.6 is 11.8 Å². The molecule has 0 bridgehead atoms. The number of carbonyl (C=O) groups excluding carboxylic acids is 1. The molecule has 3 rings (SSSR count). The SMILES string of the molecule is CN(CC1CC1)C(=O)CSc1ncnc2ccccc12. The number of hydrogen-bond acceptors (Lipinski definition) is 4. The second kappa shape index (κ2) is 5.79. The highest BCUT2D eigenvalue weighted by Gasteiger charge is 2.24. The highest BCUT2D eigenvalue weighted by molar-refractivity contribution is 8.00. The first kappa shape index (κ1) is 13.4. The lowest BCUT2D eigenvalue weighted by Crippen LogP contribution is -2.30. The van der Waals surface area contributed by atoms with E-state index in [4.69, 9.17) is 0 Å². The second-order valence-corrected chi connectivity index (χ2v) is 6.17. The molecule has 1 aliphatic rings. The molecule has 0 atom stereocenters. The van der Waals surface area contributed by atoms with Crippen LogP contribution in [0.5, 0.6) is 0 Å². The van der Waals surface area contributed by atoms with Gasteiger partial charge in [0.15, 0.2) is 0 Å². The highest BCUT2D eigenvalue weighted by atomic mass is 32.2. The van der Waals surface area contributed by atoms with Crippen LogP contribution < -0.4 is 0 Å². The number of hydrogen-bond donors (Lipinski definition) is 0. The third-order valence-corrected chi connectivity index (χ3v) is 4.48. The fourth-order valence-electron chi connectivity index (χ4n) is 2.12. The second-order valence-electron chi connectivity index (χ2n) is 5.20. The Balaban J connectivity index is 1.65. The van der Waals surface area contributed by atoms with Gasteiger partial charge in [0, 0.05) is 19.0 Å². The monoisotopic (exact) mass is 287 g/mol. The predicted octanol–water partition coefficient (Wildman–Crippen LogP) is 2.59. The molecule has 0 spiro atoms. The zero-order valence-electron chi connectivity index (χ0n) is 11.5. The number of para-hydroxylation sites is 1. The number of rotatable bonds is 5. The van der Waals surface area contributed by atoms with Crippen LogP contribution in [0.3, 0.4) is 0 Å². The number of nitrogens with zero attached hydrogens (tertiary/aromatic N) is 3. The van der Waals surface area contributed by atoms with Crippen molar-refractivity contribution in [3.8, 4) is 0 Å². The van der Waals surface area contributed by atoms with E-state index in [0.29, 0.717) is 5.75 Å². The minimum absolute atomic E-state index is 0.171. The van der Waals surface area contributed by atoms with E-state index in [0.717, 1.165) is 28.4 Å². The molecule has 1 aliphatic carbocycles. The van der Waals surface area contributed by atoms with E-state index in [1.807, 2.05) is 36.2 Å². The molecule has 0 aliphatic heterocycles. The van der Waals surface area contributed by atoms with E-state index in [9.17, 15) is 4.79 Å². The Hall–Kier alpha value is -1.62. The van der Waals surface area contributed by atoms with E-state index < -0.39 is 0 Å². The third-order valence-electron chi connectivity index (χ3n) is 3.49. The van der Waals surface area contributed by atoms with E-state index in [2.05, 4.69) is 9.97 Å². The van der Waals surface area contributed by atoms with Gasteiger partial charge in [-0.3, -0.25) is 4.79 Å². The lowest BCUT2D eigenvalue weighted by molar-refractivity contribution is -0.127. The maximum Gasteiger partial charge on any atom is 0.232 e. The maximum atomic E-state index is 12.1. The number of fused-ring (bicyclic) bond motifs is 1. The summed E-state index contributed by atoms with van der Waals surface area (Å²) in [4.78, 5) is 22.4. The first-order chi connectivity index (χ1) is 9.74. The third kappa shape index (κ3) is 3.10. The topological polar surface area (TPSA) is 46.1 Å². The molecule has 1 amide bonds. The first-order valence-electron chi connectivity index (χ1n) is 6.80. The van der Waals surface area contributed by atoms with E-state index in [1.54, 1.807) is 6.33 Å². The summed E-state index contributed by atoms with van der Waals surface area (Å²) in [6.45, 7) is 0.893. The van der Waals surface area contributed by atoms with Gasteiger partial charge in [-0.2, -0.15) is 0 Å². The van der Waals surface area contributed by atoms with Gasteiger partial charge >= 0.3 is 0 Å². The van der Waals surface area contributed by atoms with E-state index >= 15 is 0 Å². The number of benzene rings is 1. The van der Waals surface area contributed by atoms with Crippen LogP contribution in [0.2, 0.25) is 0 Å². The lowest BCUT2D eigenvalue weighted by Gasteiger charge is -2.16. The largest absolute Gasteiger partial charge is 0.345 e. The van der Waals surface area contributed by atoms with Crippen LogP contribution in [0.4, 0.5) is 0 Å². The standard InChI is InChI=1S/C15H17N3OS/c1-18(8-11-6-7-11)14(19)9-20-15-12-4-2-3-5-13(12)16-10-17-15/h2-5,10-11H,6-9H2,1H3. The molecule has 20 heavy (non-hydrogen) atoms. The molecule has 5 heteroatoms. The van der Waals surface area contributed by atoms with Crippen molar-refractivity contribution in [1.82, 2.24) is 14.9 Å². The van der Waals surface area contributed by atoms with Crippen molar-refractivity contribution in [1.29, 1.82) is 0 Å². The van der Waals surface area contributed by atoms with Crippen LogP contribution in [0.1, 0.15) is 12.8 Å². The quantitative estimate of drug-likeness (QED) is 0.626. The minimum atomic E-state index is 0.171. The molecule has 0 N–H and O–H groups in total. The van der Waals surface area contributed by atoms with Gasteiger partial charge in [-0.05, 0) is 24.8 Å². The van der Waals surface area contributed by atoms with E-state index in [1.165, 1.54) is 24.6 Å². The summed E-state index contributed by atoms with van der Waals surface area (Å²) < 4.78 is 0.